The number of hydrogen-bond donors (Lipinski definition) is 1. The average Bonchev–Trinajstić information content (AvgIpc) is 2.43. The summed E-state index contributed by atoms with van der Waals surface area (Å²) in [5.41, 5.74) is 7.61. The lowest BCUT2D eigenvalue weighted by Crippen LogP contribution is -2.55. The lowest BCUT2D eigenvalue weighted by atomic mass is 10.1. The van der Waals surface area contributed by atoms with E-state index in [0.29, 0.717) is 12.1 Å². The van der Waals surface area contributed by atoms with E-state index < -0.39 is 0 Å². The summed E-state index contributed by atoms with van der Waals surface area (Å²) in [6.07, 6.45) is 0. The third-order valence-corrected chi connectivity index (χ3v) is 4.38. The summed E-state index contributed by atoms with van der Waals surface area (Å²) in [5.74, 6) is 1.06. The fraction of sp³-hybridized carbons (Fsp3) is 0.438. The Morgan fingerprint density at radius 2 is 1.80 bits per heavy atom. The number of nitrogen functional groups attached to an aromatic ring is 1. The van der Waals surface area contributed by atoms with E-state index in [1.54, 1.807) is 0 Å². The molecule has 0 bridgehead atoms. The first-order valence-electron chi connectivity index (χ1n) is 7.18. The van der Waals surface area contributed by atoms with Gasteiger partial charge < -0.3 is 10.6 Å². The smallest absolute Gasteiger partial charge is 0.129 e. The van der Waals surface area contributed by atoms with Crippen molar-refractivity contribution < 1.29 is 0 Å². The van der Waals surface area contributed by atoms with E-state index in [2.05, 4.69) is 42.8 Å². The highest BCUT2D eigenvalue weighted by Gasteiger charge is 2.27. The van der Waals surface area contributed by atoms with Gasteiger partial charge in [-0.05, 0) is 51.2 Å². The Hall–Kier alpha value is -1.81. The quantitative estimate of drug-likeness (QED) is 0.808. The van der Waals surface area contributed by atoms with Crippen molar-refractivity contribution in [2.24, 2.45) is 0 Å². The number of nitrogens with zero attached hydrogens (tertiary/aromatic N) is 3. The first-order chi connectivity index (χ1) is 9.54. The molecule has 0 saturated carbocycles. The zero-order chi connectivity index (χ0) is 14.3. The summed E-state index contributed by atoms with van der Waals surface area (Å²) in [7, 11) is 2.20. The van der Waals surface area contributed by atoms with Gasteiger partial charge in [0, 0.05) is 36.2 Å². The highest BCUT2D eigenvalue weighted by Crippen LogP contribution is 2.23. The SMILES string of the molecule is CC1CN(c2ccc3cc(N)ccc3n2)CC(C)N1C. The molecule has 1 aromatic heterocycles. The number of fused-ring (bicyclic) bond motifs is 1. The molecule has 1 saturated heterocycles. The molecule has 1 fully saturated rings. The van der Waals surface area contributed by atoms with Crippen LogP contribution in [0.3, 0.4) is 0 Å². The van der Waals surface area contributed by atoms with E-state index in [1.165, 1.54) is 0 Å². The van der Waals surface area contributed by atoms with Crippen molar-refractivity contribution in [3.63, 3.8) is 0 Å². The third kappa shape index (κ3) is 2.31. The second-order valence-corrected chi connectivity index (χ2v) is 5.89. The van der Waals surface area contributed by atoms with Crippen molar-refractivity contribution in [2.45, 2.75) is 25.9 Å². The zero-order valence-corrected chi connectivity index (χ0v) is 12.4. The van der Waals surface area contributed by atoms with Gasteiger partial charge in [-0.15, -0.1) is 0 Å². The Labute approximate surface area is 120 Å². The second kappa shape index (κ2) is 4.94. The number of likely N-dealkylation sites (N-methyl/N-ethyl adjacent to an activating group) is 1. The van der Waals surface area contributed by atoms with E-state index in [4.69, 9.17) is 10.7 Å². The highest BCUT2D eigenvalue weighted by molar-refractivity contribution is 5.83. The summed E-state index contributed by atoms with van der Waals surface area (Å²) in [6, 6.07) is 11.2. The Morgan fingerprint density at radius 1 is 1.10 bits per heavy atom. The molecule has 20 heavy (non-hydrogen) atoms. The number of anilines is 2. The van der Waals surface area contributed by atoms with Crippen molar-refractivity contribution in [3.8, 4) is 0 Å². The van der Waals surface area contributed by atoms with Crippen molar-refractivity contribution in [3.05, 3.63) is 30.3 Å². The van der Waals surface area contributed by atoms with Crippen LogP contribution in [0.5, 0.6) is 0 Å². The molecule has 106 valence electrons. The molecule has 2 atom stereocenters. The topological polar surface area (TPSA) is 45.4 Å². The minimum absolute atomic E-state index is 0.544. The van der Waals surface area contributed by atoms with Gasteiger partial charge in [0.2, 0.25) is 0 Å². The largest absolute Gasteiger partial charge is 0.399 e. The second-order valence-electron chi connectivity index (χ2n) is 5.89. The van der Waals surface area contributed by atoms with E-state index in [9.17, 15) is 0 Å². The summed E-state index contributed by atoms with van der Waals surface area (Å²) in [5, 5.41) is 1.10. The zero-order valence-electron chi connectivity index (χ0n) is 12.4. The molecule has 1 aromatic carbocycles. The lowest BCUT2D eigenvalue weighted by molar-refractivity contribution is 0.169. The van der Waals surface area contributed by atoms with Gasteiger partial charge >= 0.3 is 0 Å². The summed E-state index contributed by atoms with van der Waals surface area (Å²) < 4.78 is 0. The van der Waals surface area contributed by atoms with Crippen LogP contribution in [0.25, 0.3) is 10.9 Å². The number of rotatable bonds is 1. The normalized spacial score (nSPS) is 24.2. The fourth-order valence-corrected chi connectivity index (χ4v) is 2.90. The molecular formula is C16H22N4. The van der Waals surface area contributed by atoms with Crippen LogP contribution in [0.4, 0.5) is 11.5 Å². The van der Waals surface area contributed by atoms with Gasteiger partial charge in [0.25, 0.3) is 0 Å². The highest BCUT2D eigenvalue weighted by atomic mass is 15.3. The van der Waals surface area contributed by atoms with Crippen LogP contribution in [-0.2, 0) is 0 Å². The molecule has 1 aliphatic rings. The molecule has 0 spiro atoms. The molecule has 4 heteroatoms. The maximum Gasteiger partial charge on any atom is 0.129 e. The van der Waals surface area contributed by atoms with E-state index >= 15 is 0 Å². The summed E-state index contributed by atoms with van der Waals surface area (Å²) >= 11 is 0. The van der Waals surface area contributed by atoms with Crippen molar-refractivity contribution in [1.29, 1.82) is 0 Å². The van der Waals surface area contributed by atoms with Gasteiger partial charge in [-0.1, -0.05) is 0 Å². The van der Waals surface area contributed by atoms with E-state index in [1.807, 2.05) is 18.2 Å². The molecule has 0 radical (unpaired) electrons. The van der Waals surface area contributed by atoms with Crippen molar-refractivity contribution >= 4 is 22.4 Å². The Kier molecular flexibility index (Phi) is 3.26. The van der Waals surface area contributed by atoms with Crippen molar-refractivity contribution in [1.82, 2.24) is 9.88 Å². The molecule has 1 aliphatic heterocycles. The van der Waals surface area contributed by atoms with Crippen LogP contribution >= 0.6 is 0 Å². The van der Waals surface area contributed by atoms with Crippen molar-refractivity contribution in [2.75, 3.05) is 30.8 Å². The summed E-state index contributed by atoms with van der Waals surface area (Å²) in [4.78, 5) is 9.59. The van der Waals surface area contributed by atoms with E-state index in [0.717, 1.165) is 35.5 Å². The Bertz CT molecular complexity index is 613. The number of nitrogens with two attached hydrogens (primary N) is 1. The maximum atomic E-state index is 5.81. The minimum Gasteiger partial charge on any atom is -0.399 e. The predicted octanol–water partition coefficient (Wildman–Crippen LogP) is 2.35. The predicted molar refractivity (Wildman–Crippen MR) is 85.1 cm³/mol. The molecule has 2 heterocycles. The first-order valence-corrected chi connectivity index (χ1v) is 7.18. The maximum absolute atomic E-state index is 5.81. The summed E-state index contributed by atoms with van der Waals surface area (Å²) in [6.45, 7) is 6.58. The number of benzene rings is 1. The molecule has 0 aliphatic carbocycles. The first kappa shape index (κ1) is 13.2. The molecule has 2 unspecified atom stereocenters. The number of pyridine rings is 1. The van der Waals surface area contributed by atoms with Crippen LogP contribution in [-0.4, -0.2) is 42.1 Å². The van der Waals surface area contributed by atoms with Crippen LogP contribution in [0, 0.1) is 0 Å². The van der Waals surface area contributed by atoms with Crippen LogP contribution < -0.4 is 10.6 Å². The van der Waals surface area contributed by atoms with Gasteiger partial charge in [-0.25, -0.2) is 4.98 Å². The van der Waals surface area contributed by atoms with Crippen LogP contribution in [0.1, 0.15) is 13.8 Å². The number of hydrogen-bond acceptors (Lipinski definition) is 4. The monoisotopic (exact) mass is 270 g/mol. The standard InChI is InChI=1S/C16H22N4/c1-11-9-20(10-12(2)19(11)3)16-7-4-13-8-14(17)5-6-15(13)18-16/h4-8,11-12H,9-10,17H2,1-3H3. The van der Waals surface area contributed by atoms with Crippen LogP contribution in [0.2, 0.25) is 0 Å². The fourth-order valence-electron chi connectivity index (χ4n) is 2.90. The van der Waals surface area contributed by atoms with Gasteiger partial charge in [0.05, 0.1) is 5.52 Å². The Balaban J connectivity index is 1.92. The number of aromatic nitrogens is 1. The van der Waals surface area contributed by atoms with Gasteiger partial charge in [0.15, 0.2) is 0 Å². The molecule has 2 aromatic rings. The molecule has 2 N–H and O–H groups in total. The van der Waals surface area contributed by atoms with Gasteiger partial charge in [0.1, 0.15) is 5.82 Å². The molecule has 3 rings (SSSR count). The molecule has 0 amide bonds. The average molecular weight is 270 g/mol. The third-order valence-electron chi connectivity index (χ3n) is 4.38. The molecular weight excluding hydrogens is 248 g/mol. The van der Waals surface area contributed by atoms with Crippen LogP contribution in [0.15, 0.2) is 30.3 Å². The van der Waals surface area contributed by atoms with E-state index in [-0.39, 0.29) is 0 Å². The van der Waals surface area contributed by atoms with Gasteiger partial charge in [-0.3, -0.25) is 4.90 Å². The molecule has 4 nitrogen and oxygen atoms in total. The Morgan fingerprint density at radius 3 is 2.50 bits per heavy atom. The lowest BCUT2D eigenvalue weighted by Gasteiger charge is -2.43. The minimum atomic E-state index is 0.544. The number of piperazine rings is 1. The van der Waals surface area contributed by atoms with Gasteiger partial charge in [-0.2, -0.15) is 0 Å².